The molecule has 0 N–H and O–H groups in total. The van der Waals surface area contributed by atoms with Crippen molar-refractivity contribution in [1.29, 1.82) is 0 Å². The molecule has 0 aliphatic carbocycles. The molecule has 1 atom stereocenters. The minimum absolute atomic E-state index is 0.196. The van der Waals surface area contributed by atoms with E-state index in [4.69, 9.17) is 0 Å². The molecule has 0 saturated heterocycles. The predicted octanol–water partition coefficient (Wildman–Crippen LogP) is 4.62. The number of nitrogens with zero attached hydrogens (tertiary/aromatic N) is 3. The molecule has 5 nitrogen and oxygen atoms in total. The van der Waals surface area contributed by atoms with Crippen molar-refractivity contribution in [1.82, 2.24) is 13.8 Å². The fraction of sp³-hybridized carbons (Fsp3) is 0.190. The summed E-state index contributed by atoms with van der Waals surface area (Å²) in [4.78, 5) is 0.196. The molecule has 4 aromatic rings. The topological polar surface area (TPSA) is 56.9 Å². The Morgan fingerprint density at radius 3 is 2.43 bits per heavy atom. The third-order valence-electron chi connectivity index (χ3n) is 4.83. The van der Waals surface area contributed by atoms with Gasteiger partial charge < -0.3 is 0 Å². The summed E-state index contributed by atoms with van der Waals surface area (Å²) in [5.74, 6) is 0. The van der Waals surface area contributed by atoms with Gasteiger partial charge in [-0.05, 0) is 55.3 Å². The molecule has 0 fully saturated rings. The minimum atomic E-state index is -3.79. The van der Waals surface area contributed by atoms with Gasteiger partial charge in [0.15, 0.2) is 0 Å². The Morgan fingerprint density at radius 2 is 1.82 bits per heavy atom. The molecule has 4 rings (SSSR count). The van der Waals surface area contributed by atoms with Crippen LogP contribution >= 0.6 is 0 Å². The van der Waals surface area contributed by atoms with Crippen molar-refractivity contribution in [2.24, 2.45) is 7.05 Å². The maximum absolute atomic E-state index is 14.5. The van der Waals surface area contributed by atoms with Crippen LogP contribution in [0.5, 0.6) is 0 Å². The summed E-state index contributed by atoms with van der Waals surface area (Å²) in [5, 5.41) is 4.90. The van der Waals surface area contributed by atoms with Crippen molar-refractivity contribution in [2.45, 2.75) is 24.9 Å². The number of hydrogen-bond donors (Lipinski definition) is 0. The summed E-state index contributed by atoms with van der Waals surface area (Å²) in [6.45, 7) is 3.19. The van der Waals surface area contributed by atoms with Crippen molar-refractivity contribution in [3.63, 3.8) is 0 Å². The number of benzene rings is 2. The van der Waals surface area contributed by atoms with E-state index in [9.17, 15) is 12.8 Å². The number of fused-ring (bicyclic) bond motifs is 1. The Balaban J connectivity index is 2.01. The molecule has 1 unspecified atom stereocenters. The van der Waals surface area contributed by atoms with Crippen molar-refractivity contribution >= 4 is 20.9 Å². The number of hydrogen-bond acceptors (Lipinski definition) is 3. The highest BCUT2D eigenvalue weighted by molar-refractivity contribution is 7.90. The average Bonchev–Trinajstić information content (AvgIpc) is 3.23. The highest BCUT2D eigenvalue weighted by Crippen LogP contribution is 2.36. The average molecular weight is 397 g/mol. The first kappa shape index (κ1) is 18.4. The van der Waals surface area contributed by atoms with Gasteiger partial charge in [0.1, 0.15) is 6.17 Å². The van der Waals surface area contributed by atoms with E-state index in [1.807, 2.05) is 18.3 Å². The van der Waals surface area contributed by atoms with E-state index < -0.39 is 16.2 Å². The zero-order chi connectivity index (χ0) is 20.1. The van der Waals surface area contributed by atoms with Crippen molar-refractivity contribution in [2.75, 3.05) is 0 Å². The molecule has 2 heterocycles. The largest absolute Gasteiger partial charge is 0.275 e. The molecule has 144 valence electrons. The number of rotatable bonds is 4. The van der Waals surface area contributed by atoms with E-state index in [1.165, 1.54) is 10.9 Å². The van der Waals surface area contributed by atoms with Gasteiger partial charge in [-0.25, -0.2) is 16.8 Å². The second-order valence-electron chi connectivity index (χ2n) is 6.89. The first-order valence-electron chi connectivity index (χ1n) is 8.89. The van der Waals surface area contributed by atoms with Gasteiger partial charge in [-0.3, -0.25) is 4.68 Å². The van der Waals surface area contributed by atoms with E-state index in [1.54, 1.807) is 61.2 Å². The zero-order valence-corrected chi connectivity index (χ0v) is 16.6. The van der Waals surface area contributed by atoms with Crippen LogP contribution in [0.3, 0.4) is 0 Å². The summed E-state index contributed by atoms with van der Waals surface area (Å²) in [6, 6.07) is 13.5. The monoisotopic (exact) mass is 397 g/mol. The second kappa shape index (κ2) is 6.60. The van der Waals surface area contributed by atoms with E-state index in [0.717, 1.165) is 10.9 Å². The van der Waals surface area contributed by atoms with Gasteiger partial charge in [-0.15, -0.1) is 0 Å². The van der Waals surface area contributed by atoms with E-state index in [0.29, 0.717) is 22.3 Å². The lowest BCUT2D eigenvalue weighted by molar-refractivity contribution is 0.375. The van der Waals surface area contributed by atoms with Gasteiger partial charge in [0.2, 0.25) is 0 Å². The molecule has 7 heteroatoms. The summed E-state index contributed by atoms with van der Waals surface area (Å²) >= 11 is 0. The highest BCUT2D eigenvalue weighted by atomic mass is 32.2. The van der Waals surface area contributed by atoms with Gasteiger partial charge in [-0.2, -0.15) is 5.10 Å². The normalized spacial score (nSPS) is 13.1. The second-order valence-corrected chi connectivity index (χ2v) is 8.67. The van der Waals surface area contributed by atoms with Crippen LogP contribution in [0.2, 0.25) is 0 Å². The molecular weight excluding hydrogens is 377 g/mol. The number of aromatic nitrogens is 3. The first-order valence-corrected chi connectivity index (χ1v) is 10.3. The van der Waals surface area contributed by atoms with E-state index >= 15 is 0 Å². The molecule has 0 radical (unpaired) electrons. The van der Waals surface area contributed by atoms with Gasteiger partial charge in [0.05, 0.1) is 16.6 Å². The lowest BCUT2D eigenvalue weighted by Gasteiger charge is -2.13. The summed E-state index contributed by atoms with van der Waals surface area (Å²) in [7, 11) is -1.99. The summed E-state index contributed by atoms with van der Waals surface area (Å²) in [6.07, 6.45) is 2.23. The molecule has 0 spiro atoms. The van der Waals surface area contributed by atoms with Crippen LogP contribution in [-0.4, -0.2) is 22.2 Å². The molecule has 0 aliphatic heterocycles. The van der Waals surface area contributed by atoms with Gasteiger partial charge >= 0.3 is 0 Å². The van der Waals surface area contributed by atoms with Crippen LogP contribution in [0.15, 0.2) is 65.8 Å². The third-order valence-corrected chi connectivity index (χ3v) is 6.66. The Labute approximate surface area is 163 Å². The Bertz CT molecular complexity index is 1270. The predicted molar refractivity (Wildman–Crippen MR) is 107 cm³/mol. The smallest absolute Gasteiger partial charge is 0.268 e. The van der Waals surface area contributed by atoms with Crippen LogP contribution in [0.1, 0.15) is 24.4 Å². The van der Waals surface area contributed by atoms with Crippen LogP contribution in [-0.2, 0) is 17.1 Å². The molecule has 0 saturated carbocycles. The first-order chi connectivity index (χ1) is 13.3. The van der Waals surface area contributed by atoms with E-state index in [-0.39, 0.29) is 4.90 Å². The molecule has 0 bridgehead atoms. The van der Waals surface area contributed by atoms with Crippen molar-refractivity contribution < 1.29 is 12.8 Å². The summed E-state index contributed by atoms with van der Waals surface area (Å²) in [5.41, 5.74) is 2.97. The maximum atomic E-state index is 14.5. The number of alkyl halides is 1. The third kappa shape index (κ3) is 2.92. The van der Waals surface area contributed by atoms with Crippen LogP contribution < -0.4 is 0 Å². The van der Waals surface area contributed by atoms with E-state index in [2.05, 4.69) is 5.10 Å². The van der Waals surface area contributed by atoms with Crippen LogP contribution in [0.4, 0.5) is 4.39 Å². The fourth-order valence-electron chi connectivity index (χ4n) is 3.54. The lowest BCUT2D eigenvalue weighted by Crippen LogP contribution is -2.14. The van der Waals surface area contributed by atoms with Gasteiger partial charge in [-0.1, -0.05) is 18.2 Å². The molecule has 2 aromatic heterocycles. The maximum Gasteiger partial charge on any atom is 0.268 e. The molecular formula is C21H20FN3O2S. The Morgan fingerprint density at radius 1 is 1.11 bits per heavy atom. The van der Waals surface area contributed by atoms with Crippen LogP contribution in [0.25, 0.3) is 22.0 Å². The van der Waals surface area contributed by atoms with Crippen molar-refractivity contribution in [3.05, 3.63) is 72.2 Å². The Kier molecular flexibility index (Phi) is 4.34. The Hall–Kier alpha value is -2.93. The summed E-state index contributed by atoms with van der Waals surface area (Å²) < 4.78 is 43.9. The molecule has 0 amide bonds. The van der Waals surface area contributed by atoms with Crippen molar-refractivity contribution in [3.8, 4) is 11.1 Å². The molecule has 28 heavy (non-hydrogen) atoms. The quantitative estimate of drug-likeness (QED) is 0.505. The highest BCUT2D eigenvalue weighted by Gasteiger charge is 2.23. The fourth-order valence-corrected chi connectivity index (χ4v) is 5.10. The standard InChI is InChI=1S/C21H20FN3O2S/c1-14-9-16-10-20(17-12-23-24(3)13-17)19(15(2)22)11-21(16)25(14)28(26,27)18-7-5-4-6-8-18/h4-13,15H,1-3H3. The minimum Gasteiger partial charge on any atom is -0.275 e. The SMILES string of the molecule is Cc1cc2cc(-c3cnn(C)c3)c(C(C)F)cc2n1S(=O)(=O)c1ccccc1. The van der Waals surface area contributed by atoms with Crippen LogP contribution in [0, 0.1) is 6.92 Å². The lowest BCUT2D eigenvalue weighted by atomic mass is 9.97. The number of aryl methyl sites for hydroxylation is 2. The molecule has 0 aliphatic rings. The van der Waals surface area contributed by atoms with Gasteiger partial charge in [0, 0.05) is 29.9 Å². The molecule has 2 aromatic carbocycles. The van der Waals surface area contributed by atoms with Gasteiger partial charge in [0.25, 0.3) is 10.0 Å². The zero-order valence-electron chi connectivity index (χ0n) is 15.8. The number of halogens is 1.